The number of halogens is 7. The maximum Gasteiger partial charge on any atom is 0.337 e. The first kappa shape index (κ1) is 32.6. The van der Waals surface area contributed by atoms with Gasteiger partial charge in [-0.3, -0.25) is 0 Å². The van der Waals surface area contributed by atoms with Gasteiger partial charge in [0.2, 0.25) is 0 Å². The average molecular weight is 857 g/mol. The number of nitrogens with one attached hydrogen (secondary N) is 2. The van der Waals surface area contributed by atoms with E-state index in [2.05, 4.69) is 71.7 Å². The Morgan fingerprint density at radius 3 is 1.59 bits per heavy atom. The summed E-state index contributed by atoms with van der Waals surface area (Å²) in [6, 6.07) is 13.5. The molecule has 0 aromatic heterocycles. The van der Waals surface area contributed by atoms with Crippen LogP contribution in [0.4, 0.5) is 40.3 Å². The summed E-state index contributed by atoms with van der Waals surface area (Å²) in [6.07, 6.45) is 0. The third-order valence-corrected chi connectivity index (χ3v) is 7.53. The second-order valence-electron chi connectivity index (χ2n) is 8.47. The molecule has 0 saturated carbocycles. The Morgan fingerprint density at radius 2 is 1.15 bits per heavy atom. The SMILES string of the molecule is Cc1cc(I)ccc1Nc1c(C(=O)O)cc(Br)c(F)c1F.Cc1cc(I)ccc1Nc1c(C(=O)O)ccc(F)c1F. The lowest BCUT2D eigenvalue weighted by atomic mass is 10.1. The maximum atomic E-state index is 14.0. The van der Waals surface area contributed by atoms with Crippen LogP contribution in [-0.4, -0.2) is 22.2 Å². The number of anilines is 4. The molecule has 4 aromatic rings. The number of benzene rings is 4. The van der Waals surface area contributed by atoms with Crippen LogP contribution in [0.15, 0.2) is 59.1 Å². The Hall–Kier alpha value is -2.92. The molecule has 0 aliphatic heterocycles. The van der Waals surface area contributed by atoms with Crippen LogP contribution in [0.25, 0.3) is 0 Å². The van der Waals surface area contributed by atoms with Gasteiger partial charge in [-0.15, -0.1) is 0 Å². The fourth-order valence-electron chi connectivity index (χ4n) is 3.54. The molecule has 0 atom stereocenters. The van der Waals surface area contributed by atoms with Crippen molar-refractivity contribution in [2.75, 3.05) is 10.6 Å². The minimum atomic E-state index is -1.35. The van der Waals surface area contributed by atoms with Crippen LogP contribution >= 0.6 is 61.1 Å². The number of carbonyl (C=O) groups is 2. The van der Waals surface area contributed by atoms with Crippen LogP contribution in [0.3, 0.4) is 0 Å². The topological polar surface area (TPSA) is 98.7 Å². The van der Waals surface area contributed by atoms with Crippen molar-refractivity contribution in [3.05, 3.63) is 112 Å². The zero-order chi connectivity index (χ0) is 30.6. The van der Waals surface area contributed by atoms with Gasteiger partial charge in [0.15, 0.2) is 23.3 Å². The highest BCUT2D eigenvalue weighted by molar-refractivity contribution is 14.1. The van der Waals surface area contributed by atoms with E-state index in [1.165, 1.54) is 0 Å². The summed E-state index contributed by atoms with van der Waals surface area (Å²) in [5.41, 5.74) is 1.20. The summed E-state index contributed by atoms with van der Waals surface area (Å²) >= 11 is 7.05. The number of hydrogen-bond donors (Lipinski definition) is 4. The fourth-order valence-corrected chi connectivity index (χ4v) is 5.24. The lowest BCUT2D eigenvalue weighted by Crippen LogP contribution is -2.08. The quantitative estimate of drug-likeness (QED) is 0.0877. The molecular weight excluding hydrogens is 838 g/mol. The summed E-state index contributed by atoms with van der Waals surface area (Å²) in [7, 11) is 0. The summed E-state index contributed by atoms with van der Waals surface area (Å²) < 4.78 is 56.5. The monoisotopic (exact) mass is 856 g/mol. The lowest BCUT2D eigenvalue weighted by Gasteiger charge is -2.14. The third-order valence-electron chi connectivity index (χ3n) is 5.61. The van der Waals surface area contributed by atoms with Crippen molar-refractivity contribution >= 4 is 95.8 Å². The molecule has 0 spiro atoms. The van der Waals surface area contributed by atoms with E-state index < -0.39 is 40.9 Å². The van der Waals surface area contributed by atoms with Gasteiger partial charge in [-0.05, 0) is 141 Å². The number of rotatable bonds is 6. The van der Waals surface area contributed by atoms with Crippen molar-refractivity contribution in [1.82, 2.24) is 0 Å². The van der Waals surface area contributed by atoms with Crippen LogP contribution in [0.5, 0.6) is 0 Å². The molecule has 41 heavy (non-hydrogen) atoms. The number of aromatic carboxylic acids is 2. The molecule has 6 nitrogen and oxygen atoms in total. The molecule has 13 heteroatoms. The predicted molar refractivity (Wildman–Crippen MR) is 169 cm³/mol. The van der Waals surface area contributed by atoms with Crippen molar-refractivity contribution in [3.8, 4) is 0 Å². The number of hydrogen-bond acceptors (Lipinski definition) is 4. The van der Waals surface area contributed by atoms with E-state index in [4.69, 9.17) is 10.2 Å². The Bertz CT molecular complexity index is 1670. The minimum absolute atomic E-state index is 0.234. The third kappa shape index (κ3) is 7.88. The van der Waals surface area contributed by atoms with E-state index >= 15 is 0 Å². The smallest absolute Gasteiger partial charge is 0.337 e. The standard InChI is InChI=1S/C14H9BrF2INO2.C14H10F2INO2/c1-6-4-7(18)2-3-10(6)19-13-8(14(20)21)5-9(15)11(16)12(13)17;1-7-6-8(17)2-5-11(7)18-13-9(14(19)20)3-4-10(15)12(13)16/h2-5,19H,1H3,(H,20,21);2-6,18H,1H3,(H,19,20). The molecule has 0 fully saturated rings. The number of aryl methyl sites for hydroxylation is 2. The highest BCUT2D eigenvalue weighted by atomic mass is 127. The van der Waals surface area contributed by atoms with E-state index in [9.17, 15) is 27.2 Å². The van der Waals surface area contributed by atoms with Gasteiger partial charge in [0.05, 0.1) is 27.0 Å². The molecule has 4 rings (SSSR count). The Labute approximate surface area is 267 Å². The fraction of sp³-hybridized carbons (Fsp3) is 0.0714. The van der Waals surface area contributed by atoms with Crippen LogP contribution in [0, 0.1) is 44.3 Å². The van der Waals surface area contributed by atoms with Gasteiger partial charge in [0.25, 0.3) is 0 Å². The molecule has 4 N–H and O–H groups in total. The molecular formula is C28H19BrF4I2N2O4. The Morgan fingerprint density at radius 1 is 0.683 bits per heavy atom. The van der Waals surface area contributed by atoms with Gasteiger partial charge in [-0.25, -0.2) is 27.2 Å². The highest BCUT2D eigenvalue weighted by Crippen LogP contribution is 2.33. The van der Waals surface area contributed by atoms with Crippen LogP contribution in [-0.2, 0) is 0 Å². The molecule has 0 aliphatic carbocycles. The molecule has 0 bridgehead atoms. The first-order valence-electron chi connectivity index (χ1n) is 11.4. The van der Waals surface area contributed by atoms with Gasteiger partial charge < -0.3 is 20.8 Å². The van der Waals surface area contributed by atoms with Crippen molar-refractivity contribution in [3.63, 3.8) is 0 Å². The van der Waals surface area contributed by atoms with E-state index in [0.29, 0.717) is 11.4 Å². The molecule has 0 saturated heterocycles. The van der Waals surface area contributed by atoms with Gasteiger partial charge in [-0.2, -0.15) is 0 Å². The average Bonchev–Trinajstić information content (AvgIpc) is 2.89. The van der Waals surface area contributed by atoms with E-state index in [1.807, 2.05) is 12.1 Å². The summed E-state index contributed by atoms with van der Waals surface area (Å²) in [5, 5.41) is 23.5. The van der Waals surface area contributed by atoms with Crippen molar-refractivity contribution in [2.24, 2.45) is 0 Å². The first-order valence-corrected chi connectivity index (χ1v) is 14.3. The molecule has 4 aromatic carbocycles. The largest absolute Gasteiger partial charge is 0.478 e. The second kappa shape index (κ2) is 13.8. The van der Waals surface area contributed by atoms with Crippen molar-refractivity contribution in [1.29, 1.82) is 0 Å². The van der Waals surface area contributed by atoms with Crippen LogP contribution in [0.2, 0.25) is 0 Å². The molecule has 0 radical (unpaired) electrons. The zero-order valence-electron chi connectivity index (χ0n) is 21.1. The molecule has 214 valence electrons. The summed E-state index contributed by atoms with van der Waals surface area (Å²) in [4.78, 5) is 22.3. The first-order chi connectivity index (χ1) is 19.2. The molecule has 0 heterocycles. The lowest BCUT2D eigenvalue weighted by molar-refractivity contribution is 0.0686. The van der Waals surface area contributed by atoms with Crippen molar-refractivity contribution in [2.45, 2.75) is 13.8 Å². The minimum Gasteiger partial charge on any atom is -0.478 e. The van der Waals surface area contributed by atoms with Gasteiger partial charge in [0, 0.05) is 18.5 Å². The van der Waals surface area contributed by atoms with E-state index in [-0.39, 0.29) is 21.3 Å². The van der Waals surface area contributed by atoms with Crippen molar-refractivity contribution < 1.29 is 37.4 Å². The Kier molecular flexibility index (Phi) is 11.0. The predicted octanol–water partition coefficient (Wildman–Crippen LogP) is 9.40. The number of carboxylic acid groups (broad SMARTS) is 2. The van der Waals surface area contributed by atoms with Gasteiger partial charge >= 0.3 is 11.9 Å². The van der Waals surface area contributed by atoms with Crippen LogP contribution in [0.1, 0.15) is 31.8 Å². The van der Waals surface area contributed by atoms with Gasteiger partial charge in [-0.1, -0.05) is 0 Å². The molecule has 0 amide bonds. The number of carboxylic acids is 2. The molecule has 0 aliphatic rings. The Balaban J connectivity index is 0.000000226. The second-order valence-corrected chi connectivity index (χ2v) is 11.8. The molecule has 0 unspecified atom stereocenters. The zero-order valence-corrected chi connectivity index (χ0v) is 27.0. The highest BCUT2D eigenvalue weighted by Gasteiger charge is 2.22. The van der Waals surface area contributed by atoms with Crippen LogP contribution < -0.4 is 10.6 Å². The van der Waals surface area contributed by atoms with E-state index in [1.54, 1.807) is 38.1 Å². The van der Waals surface area contributed by atoms with E-state index in [0.717, 1.165) is 36.5 Å². The maximum absolute atomic E-state index is 14.0. The van der Waals surface area contributed by atoms with Gasteiger partial charge in [0.1, 0.15) is 0 Å². The summed E-state index contributed by atoms with van der Waals surface area (Å²) in [6.45, 7) is 3.58. The summed E-state index contributed by atoms with van der Waals surface area (Å²) in [5.74, 6) is -7.34. The normalized spacial score (nSPS) is 10.5.